The lowest BCUT2D eigenvalue weighted by molar-refractivity contribution is 0.0155. The molecule has 0 amide bonds. The van der Waals surface area contributed by atoms with Gasteiger partial charge in [-0.05, 0) is 30.4 Å². The first-order valence-corrected chi connectivity index (χ1v) is 7.03. The van der Waals surface area contributed by atoms with Gasteiger partial charge in [0.25, 0.3) is 0 Å². The Morgan fingerprint density at radius 3 is 2.65 bits per heavy atom. The van der Waals surface area contributed by atoms with Crippen molar-refractivity contribution in [2.75, 3.05) is 0 Å². The highest BCUT2D eigenvalue weighted by Crippen LogP contribution is 2.32. The Bertz CT molecular complexity index is 358. The number of aliphatic hydroxyl groups is 1. The van der Waals surface area contributed by atoms with Gasteiger partial charge in [-0.3, -0.25) is 0 Å². The molecule has 0 saturated carbocycles. The number of fused-ring (bicyclic) bond motifs is 1. The van der Waals surface area contributed by atoms with Gasteiger partial charge >= 0.3 is 0 Å². The summed E-state index contributed by atoms with van der Waals surface area (Å²) in [5.41, 5.74) is 2.37. The summed E-state index contributed by atoms with van der Waals surface area (Å²) in [6.07, 6.45) is 8.81. The molecule has 0 heterocycles. The van der Waals surface area contributed by atoms with Crippen molar-refractivity contribution in [2.24, 2.45) is 0 Å². The highest BCUT2D eigenvalue weighted by Gasteiger charge is 2.30. The molecule has 1 aliphatic rings. The first-order chi connectivity index (χ1) is 8.23. The van der Waals surface area contributed by atoms with E-state index in [9.17, 15) is 5.11 Å². The molecule has 1 aromatic rings. The van der Waals surface area contributed by atoms with Gasteiger partial charge in [-0.25, -0.2) is 0 Å². The van der Waals surface area contributed by atoms with Crippen molar-refractivity contribution >= 4 is 0 Å². The first kappa shape index (κ1) is 12.6. The normalized spacial score (nSPS) is 23.4. The Balaban J connectivity index is 1.91. The predicted octanol–water partition coefficient (Wildman–Crippen LogP) is 3.88. The van der Waals surface area contributed by atoms with Crippen molar-refractivity contribution in [2.45, 2.75) is 63.9 Å². The summed E-state index contributed by atoms with van der Waals surface area (Å²) in [6, 6.07) is 8.56. The molecule has 1 N–H and O–H groups in total. The Kier molecular flexibility index (Phi) is 4.22. The van der Waals surface area contributed by atoms with E-state index in [1.165, 1.54) is 36.8 Å². The minimum atomic E-state index is -0.428. The largest absolute Gasteiger partial charge is 0.390 e. The van der Waals surface area contributed by atoms with Crippen molar-refractivity contribution in [3.05, 3.63) is 35.4 Å². The van der Waals surface area contributed by atoms with Gasteiger partial charge < -0.3 is 5.11 Å². The van der Waals surface area contributed by atoms with Gasteiger partial charge in [0.2, 0.25) is 0 Å². The van der Waals surface area contributed by atoms with Gasteiger partial charge in [0.15, 0.2) is 0 Å². The number of hydrogen-bond donors (Lipinski definition) is 1. The summed E-state index contributed by atoms with van der Waals surface area (Å²) >= 11 is 0. The minimum Gasteiger partial charge on any atom is -0.390 e. The molecule has 1 aromatic carbocycles. The maximum atomic E-state index is 10.6. The average Bonchev–Trinajstić information content (AvgIpc) is 2.35. The van der Waals surface area contributed by atoms with E-state index in [1.54, 1.807) is 0 Å². The van der Waals surface area contributed by atoms with Crippen molar-refractivity contribution in [3.63, 3.8) is 0 Å². The zero-order valence-corrected chi connectivity index (χ0v) is 10.9. The zero-order valence-electron chi connectivity index (χ0n) is 10.9. The maximum absolute atomic E-state index is 10.6. The van der Waals surface area contributed by atoms with Crippen LogP contribution in [0.25, 0.3) is 0 Å². The lowest BCUT2D eigenvalue weighted by atomic mass is 9.78. The van der Waals surface area contributed by atoms with Crippen LogP contribution < -0.4 is 0 Å². The highest BCUT2D eigenvalue weighted by molar-refractivity contribution is 5.31. The monoisotopic (exact) mass is 232 g/mol. The Labute approximate surface area is 105 Å². The number of unbranched alkanes of at least 4 members (excludes halogenated alkanes) is 3. The number of aryl methyl sites for hydroxylation is 1. The lowest BCUT2D eigenvalue weighted by Crippen LogP contribution is -2.35. The van der Waals surface area contributed by atoms with E-state index in [-0.39, 0.29) is 0 Å². The molecular weight excluding hydrogens is 208 g/mol. The van der Waals surface area contributed by atoms with Crippen LogP contribution >= 0.6 is 0 Å². The Hall–Kier alpha value is -0.820. The number of rotatable bonds is 5. The van der Waals surface area contributed by atoms with Crippen molar-refractivity contribution in [1.29, 1.82) is 0 Å². The molecule has 0 radical (unpaired) electrons. The standard InChI is InChI=1S/C16H24O/c1-2-3-4-7-11-16(17)12-10-14-8-5-6-9-15(14)13-16/h5-6,8-9,17H,2-4,7,10-13H2,1H3. The smallest absolute Gasteiger partial charge is 0.0691 e. The van der Waals surface area contributed by atoms with E-state index in [1.807, 2.05) is 0 Å². The van der Waals surface area contributed by atoms with Crippen LogP contribution in [0.1, 0.15) is 56.6 Å². The fourth-order valence-corrected chi connectivity index (χ4v) is 2.88. The summed E-state index contributed by atoms with van der Waals surface area (Å²) in [4.78, 5) is 0. The lowest BCUT2D eigenvalue weighted by Gasteiger charge is -2.33. The van der Waals surface area contributed by atoms with E-state index < -0.39 is 5.60 Å². The molecule has 0 fully saturated rings. The SMILES string of the molecule is CCCCCCC1(O)CCc2ccccc2C1. The van der Waals surface area contributed by atoms with E-state index >= 15 is 0 Å². The molecule has 0 bridgehead atoms. The molecule has 0 aromatic heterocycles. The molecule has 1 heteroatoms. The van der Waals surface area contributed by atoms with Gasteiger partial charge in [-0.15, -0.1) is 0 Å². The van der Waals surface area contributed by atoms with Crippen molar-refractivity contribution < 1.29 is 5.11 Å². The van der Waals surface area contributed by atoms with E-state index in [2.05, 4.69) is 31.2 Å². The van der Waals surface area contributed by atoms with Crippen LogP contribution in [0.2, 0.25) is 0 Å². The van der Waals surface area contributed by atoms with E-state index in [4.69, 9.17) is 0 Å². The summed E-state index contributed by atoms with van der Waals surface area (Å²) in [5.74, 6) is 0. The molecule has 17 heavy (non-hydrogen) atoms. The quantitative estimate of drug-likeness (QED) is 0.764. The van der Waals surface area contributed by atoms with E-state index in [0.29, 0.717) is 0 Å². The van der Waals surface area contributed by atoms with Crippen LogP contribution in [-0.2, 0) is 12.8 Å². The molecule has 1 nitrogen and oxygen atoms in total. The fraction of sp³-hybridized carbons (Fsp3) is 0.625. The van der Waals surface area contributed by atoms with Gasteiger partial charge in [0.05, 0.1) is 5.60 Å². The van der Waals surface area contributed by atoms with Crippen LogP contribution in [0, 0.1) is 0 Å². The second kappa shape index (κ2) is 5.68. The van der Waals surface area contributed by atoms with Gasteiger partial charge in [0, 0.05) is 6.42 Å². The zero-order chi connectivity index (χ0) is 12.1. The molecule has 0 spiro atoms. The summed E-state index contributed by atoms with van der Waals surface area (Å²) in [7, 11) is 0. The summed E-state index contributed by atoms with van der Waals surface area (Å²) < 4.78 is 0. The van der Waals surface area contributed by atoms with E-state index in [0.717, 1.165) is 25.7 Å². The molecule has 2 rings (SSSR count). The molecule has 94 valence electrons. The van der Waals surface area contributed by atoms with Crippen LogP contribution in [0.15, 0.2) is 24.3 Å². The van der Waals surface area contributed by atoms with Gasteiger partial charge in [-0.2, -0.15) is 0 Å². The van der Waals surface area contributed by atoms with Crippen LogP contribution in [0.5, 0.6) is 0 Å². The molecular formula is C16H24O. The third-order valence-corrected chi connectivity index (χ3v) is 3.99. The Morgan fingerprint density at radius 1 is 1.12 bits per heavy atom. The van der Waals surface area contributed by atoms with Crippen LogP contribution in [0.4, 0.5) is 0 Å². The molecule has 0 saturated heterocycles. The third-order valence-electron chi connectivity index (χ3n) is 3.99. The molecule has 1 aliphatic carbocycles. The second-order valence-corrected chi connectivity index (χ2v) is 5.48. The number of benzene rings is 1. The molecule has 0 aliphatic heterocycles. The first-order valence-electron chi connectivity index (χ1n) is 7.03. The van der Waals surface area contributed by atoms with Crippen molar-refractivity contribution in [3.8, 4) is 0 Å². The van der Waals surface area contributed by atoms with Crippen LogP contribution in [0.3, 0.4) is 0 Å². The van der Waals surface area contributed by atoms with Gasteiger partial charge in [0.1, 0.15) is 0 Å². The number of hydrogen-bond acceptors (Lipinski definition) is 1. The third kappa shape index (κ3) is 3.32. The topological polar surface area (TPSA) is 20.2 Å². The fourth-order valence-electron chi connectivity index (χ4n) is 2.88. The van der Waals surface area contributed by atoms with Crippen molar-refractivity contribution in [1.82, 2.24) is 0 Å². The summed E-state index contributed by atoms with van der Waals surface area (Å²) in [6.45, 7) is 2.23. The highest BCUT2D eigenvalue weighted by atomic mass is 16.3. The maximum Gasteiger partial charge on any atom is 0.0691 e. The summed E-state index contributed by atoms with van der Waals surface area (Å²) in [5, 5.41) is 10.6. The minimum absolute atomic E-state index is 0.428. The average molecular weight is 232 g/mol. The van der Waals surface area contributed by atoms with Gasteiger partial charge in [-0.1, -0.05) is 56.9 Å². The predicted molar refractivity (Wildman–Crippen MR) is 72.2 cm³/mol. The molecule has 1 unspecified atom stereocenters. The Morgan fingerprint density at radius 2 is 1.88 bits per heavy atom. The molecule has 1 atom stereocenters. The second-order valence-electron chi connectivity index (χ2n) is 5.48. The van der Waals surface area contributed by atoms with Crippen LogP contribution in [-0.4, -0.2) is 10.7 Å².